The van der Waals surface area contributed by atoms with Crippen LogP contribution in [0.15, 0.2) is 18.2 Å². The van der Waals surface area contributed by atoms with Crippen LogP contribution in [0.2, 0.25) is 0 Å². The van der Waals surface area contributed by atoms with Crippen LogP contribution in [0.3, 0.4) is 0 Å². The Morgan fingerprint density at radius 1 is 1.22 bits per heavy atom. The van der Waals surface area contributed by atoms with Crippen LogP contribution in [0, 0.1) is 5.92 Å². The van der Waals surface area contributed by atoms with E-state index in [4.69, 9.17) is 14.6 Å². The smallest absolute Gasteiger partial charge is 0.124 e. The SMILES string of the molecule is COc1cc(OC)cc(N2CCC(CCO)C2)c1. The number of rotatable bonds is 5. The van der Waals surface area contributed by atoms with Gasteiger partial charge in [0.05, 0.1) is 14.2 Å². The molecule has 1 fully saturated rings. The average Bonchev–Trinajstić information content (AvgIpc) is 2.87. The monoisotopic (exact) mass is 251 g/mol. The van der Waals surface area contributed by atoms with Crippen LogP contribution in [0.1, 0.15) is 12.8 Å². The zero-order valence-electron chi connectivity index (χ0n) is 11.1. The lowest BCUT2D eigenvalue weighted by atomic mass is 10.1. The van der Waals surface area contributed by atoms with Crippen molar-refractivity contribution in [3.8, 4) is 11.5 Å². The largest absolute Gasteiger partial charge is 0.497 e. The van der Waals surface area contributed by atoms with Gasteiger partial charge >= 0.3 is 0 Å². The van der Waals surface area contributed by atoms with Gasteiger partial charge in [-0.3, -0.25) is 0 Å². The first kappa shape index (κ1) is 13.0. The minimum atomic E-state index is 0.278. The molecule has 1 heterocycles. The summed E-state index contributed by atoms with van der Waals surface area (Å²) in [5, 5.41) is 8.99. The molecule has 1 saturated heterocycles. The Kier molecular flexibility index (Phi) is 4.31. The lowest BCUT2D eigenvalue weighted by molar-refractivity contribution is 0.263. The predicted molar refractivity (Wildman–Crippen MR) is 71.6 cm³/mol. The molecule has 1 N–H and O–H groups in total. The van der Waals surface area contributed by atoms with Gasteiger partial charge < -0.3 is 19.5 Å². The van der Waals surface area contributed by atoms with Gasteiger partial charge in [-0.15, -0.1) is 0 Å². The van der Waals surface area contributed by atoms with E-state index in [1.165, 1.54) is 0 Å². The number of aliphatic hydroxyl groups is 1. The first-order valence-corrected chi connectivity index (χ1v) is 6.35. The Bertz CT molecular complexity index is 372. The topological polar surface area (TPSA) is 41.9 Å². The van der Waals surface area contributed by atoms with Crippen LogP contribution in [-0.4, -0.2) is 39.0 Å². The zero-order valence-corrected chi connectivity index (χ0v) is 11.1. The van der Waals surface area contributed by atoms with Gasteiger partial charge in [0.1, 0.15) is 11.5 Å². The van der Waals surface area contributed by atoms with Gasteiger partial charge in [-0.05, 0) is 18.8 Å². The molecular weight excluding hydrogens is 230 g/mol. The van der Waals surface area contributed by atoms with Gasteiger partial charge in [-0.1, -0.05) is 0 Å². The zero-order chi connectivity index (χ0) is 13.0. The van der Waals surface area contributed by atoms with E-state index in [-0.39, 0.29) is 6.61 Å². The molecule has 1 unspecified atom stereocenters. The molecule has 1 aromatic rings. The van der Waals surface area contributed by atoms with E-state index in [1.54, 1.807) is 14.2 Å². The molecule has 18 heavy (non-hydrogen) atoms. The van der Waals surface area contributed by atoms with E-state index in [1.807, 2.05) is 18.2 Å². The standard InChI is InChI=1S/C14H21NO3/c1-17-13-7-12(8-14(9-13)18-2)15-5-3-11(10-15)4-6-16/h7-9,11,16H,3-6,10H2,1-2H3. The minimum Gasteiger partial charge on any atom is -0.497 e. The van der Waals surface area contributed by atoms with Gasteiger partial charge in [-0.2, -0.15) is 0 Å². The lowest BCUT2D eigenvalue weighted by Gasteiger charge is -2.20. The first-order chi connectivity index (χ1) is 8.76. The molecule has 2 rings (SSSR count). The number of hydrogen-bond acceptors (Lipinski definition) is 4. The van der Waals surface area contributed by atoms with Crippen molar-refractivity contribution in [1.82, 2.24) is 0 Å². The molecule has 1 atom stereocenters. The van der Waals surface area contributed by atoms with Crippen LogP contribution < -0.4 is 14.4 Å². The third-order valence-corrected chi connectivity index (χ3v) is 3.52. The summed E-state index contributed by atoms with van der Waals surface area (Å²) in [6.07, 6.45) is 2.03. The highest BCUT2D eigenvalue weighted by atomic mass is 16.5. The van der Waals surface area contributed by atoms with Crippen molar-refractivity contribution in [2.45, 2.75) is 12.8 Å². The maximum absolute atomic E-state index is 8.99. The van der Waals surface area contributed by atoms with Crippen LogP contribution in [0.4, 0.5) is 5.69 Å². The number of benzene rings is 1. The van der Waals surface area contributed by atoms with Crippen molar-refractivity contribution in [1.29, 1.82) is 0 Å². The van der Waals surface area contributed by atoms with E-state index >= 15 is 0 Å². The molecule has 0 saturated carbocycles. The maximum Gasteiger partial charge on any atom is 0.124 e. The number of aliphatic hydroxyl groups excluding tert-OH is 1. The van der Waals surface area contributed by atoms with Gasteiger partial charge in [0.2, 0.25) is 0 Å². The number of methoxy groups -OCH3 is 2. The molecule has 0 spiro atoms. The minimum absolute atomic E-state index is 0.278. The highest BCUT2D eigenvalue weighted by Gasteiger charge is 2.22. The molecule has 0 aromatic heterocycles. The fourth-order valence-electron chi connectivity index (χ4n) is 2.46. The summed E-state index contributed by atoms with van der Waals surface area (Å²) in [4.78, 5) is 2.32. The van der Waals surface area contributed by atoms with Gasteiger partial charge in [0.25, 0.3) is 0 Å². The van der Waals surface area contributed by atoms with Gasteiger partial charge in [0.15, 0.2) is 0 Å². The van der Waals surface area contributed by atoms with E-state index in [0.29, 0.717) is 5.92 Å². The molecule has 0 aliphatic carbocycles. The van der Waals surface area contributed by atoms with Crippen molar-refractivity contribution in [2.24, 2.45) is 5.92 Å². The van der Waals surface area contributed by atoms with E-state index < -0.39 is 0 Å². The molecule has 100 valence electrons. The summed E-state index contributed by atoms with van der Waals surface area (Å²) in [5.41, 5.74) is 1.13. The molecule has 0 amide bonds. The van der Waals surface area contributed by atoms with Gasteiger partial charge in [-0.25, -0.2) is 0 Å². The number of anilines is 1. The summed E-state index contributed by atoms with van der Waals surface area (Å²) in [6, 6.07) is 5.94. The molecule has 1 aliphatic rings. The lowest BCUT2D eigenvalue weighted by Crippen LogP contribution is -2.19. The molecule has 1 aliphatic heterocycles. The Balaban J connectivity index is 2.13. The Labute approximate surface area is 108 Å². The second-order valence-electron chi connectivity index (χ2n) is 4.68. The summed E-state index contributed by atoms with van der Waals surface area (Å²) in [7, 11) is 3.33. The fraction of sp³-hybridized carbons (Fsp3) is 0.571. The summed E-state index contributed by atoms with van der Waals surface area (Å²) < 4.78 is 10.6. The van der Waals surface area contributed by atoms with E-state index in [2.05, 4.69) is 4.90 Å². The second kappa shape index (κ2) is 5.96. The maximum atomic E-state index is 8.99. The molecule has 4 nitrogen and oxygen atoms in total. The quantitative estimate of drug-likeness (QED) is 0.868. The normalized spacial score (nSPS) is 19.1. The van der Waals surface area contributed by atoms with Crippen LogP contribution in [-0.2, 0) is 0 Å². The molecule has 0 bridgehead atoms. The summed E-state index contributed by atoms with van der Waals surface area (Å²) >= 11 is 0. The van der Waals surface area contributed by atoms with Gasteiger partial charge in [0, 0.05) is 43.6 Å². The van der Waals surface area contributed by atoms with Crippen molar-refractivity contribution in [3.05, 3.63) is 18.2 Å². The Morgan fingerprint density at radius 3 is 2.44 bits per heavy atom. The molecule has 4 heteroatoms. The van der Waals surface area contributed by atoms with Crippen molar-refractivity contribution >= 4 is 5.69 Å². The molecule has 1 aromatic carbocycles. The van der Waals surface area contributed by atoms with Crippen LogP contribution in [0.5, 0.6) is 11.5 Å². The number of ether oxygens (including phenoxy) is 2. The predicted octanol–water partition coefficient (Wildman–Crippen LogP) is 1.91. The Morgan fingerprint density at radius 2 is 1.89 bits per heavy atom. The molecule has 0 radical (unpaired) electrons. The summed E-state index contributed by atoms with van der Waals surface area (Å²) in [5.74, 6) is 2.22. The van der Waals surface area contributed by atoms with E-state index in [0.717, 1.165) is 43.1 Å². The highest BCUT2D eigenvalue weighted by molar-refractivity contribution is 5.56. The summed E-state index contributed by atoms with van der Waals surface area (Å²) in [6.45, 7) is 2.30. The van der Waals surface area contributed by atoms with Crippen molar-refractivity contribution in [2.75, 3.05) is 38.8 Å². The van der Waals surface area contributed by atoms with Crippen LogP contribution in [0.25, 0.3) is 0 Å². The third-order valence-electron chi connectivity index (χ3n) is 3.52. The highest BCUT2D eigenvalue weighted by Crippen LogP contribution is 2.32. The third kappa shape index (κ3) is 2.88. The number of nitrogens with zero attached hydrogens (tertiary/aromatic N) is 1. The Hall–Kier alpha value is -1.42. The van der Waals surface area contributed by atoms with Crippen LogP contribution >= 0.6 is 0 Å². The van der Waals surface area contributed by atoms with E-state index in [9.17, 15) is 0 Å². The second-order valence-corrected chi connectivity index (χ2v) is 4.68. The molecular formula is C14H21NO3. The number of hydrogen-bond donors (Lipinski definition) is 1. The average molecular weight is 251 g/mol. The van der Waals surface area contributed by atoms with Crippen molar-refractivity contribution < 1.29 is 14.6 Å². The first-order valence-electron chi connectivity index (χ1n) is 6.35. The van der Waals surface area contributed by atoms with Crippen molar-refractivity contribution in [3.63, 3.8) is 0 Å². The fourth-order valence-corrected chi connectivity index (χ4v) is 2.46.